The second kappa shape index (κ2) is 9.03. The zero-order valence-corrected chi connectivity index (χ0v) is 16.7. The second-order valence-corrected chi connectivity index (χ2v) is 7.34. The standard InChI is InChI=1S/C16H23N5O9.ClH/c17-14-5-15(19-2-18-14)21(3-20-5)16-10(27)9(26)13(30-16)11(28)12-8(25)7(24)6(23)4(1-22)29-12;/h2-4,6-13,16,22-28H,1H2,(H2,17,18,19);1H/t4-,6-,7+,8-,9+,10-,11?,12?,13+,16-;/m1./s1. The molecule has 0 radical (unpaired) electrons. The Morgan fingerprint density at radius 1 is 0.935 bits per heavy atom. The van der Waals surface area contributed by atoms with E-state index in [2.05, 4.69) is 15.0 Å². The van der Waals surface area contributed by atoms with Gasteiger partial charge in [0.25, 0.3) is 0 Å². The minimum Gasteiger partial charge on any atom is -0.394 e. The van der Waals surface area contributed by atoms with Crippen molar-refractivity contribution >= 4 is 29.4 Å². The Morgan fingerprint density at radius 3 is 2.26 bits per heavy atom. The predicted molar refractivity (Wildman–Crippen MR) is 103 cm³/mol. The van der Waals surface area contributed by atoms with Gasteiger partial charge in [-0.25, -0.2) is 15.0 Å². The van der Waals surface area contributed by atoms with E-state index in [1.807, 2.05) is 0 Å². The fourth-order valence-electron chi connectivity index (χ4n) is 3.85. The molecule has 9 N–H and O–H groups in total. The van der Waals surface area contributed by atoms with Crippen molar-refractivity contribution in [2.45, 2.75) is 61.2 Å². The summed E-state index contributed by atoms with van der Waals surface area (Å²) < 4.78 is 12.3. The lowest BCUT2D eigenvalue weighted by atomic mass is 9.89. The summed E-state index contributed by atoms with van der Waals surface area (Å²) in [7, 11) is 0. The molecule has 15 heteroatoms. The molecular formula is C16H24ClN5O9. The lowest BCUT2D eigenvalue weighted by Crippen LogP contribution is -2.63. The number of aliphatic hydroxyl groups is 7. The van der Waals surface area contributed by atoms with Crippen molar-refractivity contribution in [2.75, 3.05) is 12.3 Å². The van der Waals surface area contributed by atoms with Gasteiger partial charge in [0.2, 0.25) is 0 Å². The first kappa shape index (κ1) is 23.9. The maximum absolute atomic E-state index is 10.7. The van der Waals surface area contributed by atoms with Crippen molar-refractivity contribution in [3.63, 3.8) is 0 Å². The fourth-order valence-corrected chi connectivity index (χ4v) is 3.85. The molecule has 4 heterocycles. The number of nitrogen functional groups attached to an aromatic ring is 1. The van der Waals surface area contributed by atoms with Crippen LogP contribution >= 0.6 is 12.4 Å². The topological polar surface area (TPSA) is 230 Å². The molecule has 31 heavy (non-hydrogen) atoms. The molecule has 2 fully saturated rings. The molecule has 2 unspecified atom stereocenters. The normalized spacial score (nSPS) is 39.4. The SMILES string of the molecule is Cl.Nc1ncnc2c1ncn2[C@@H]1O[C@H](C(O)C2O[C@H](CO)[C@@H](O)[C@H](O)[C@H]2O)[C@@H](O)[C@H]1O. The number of rotatable bonds is 4. The maximum atomic E-state index is 10.7. The number of nitrogens with two attached hydrogens (primary N) is 1. The van der Waals surface area contributed by atoms with E-state index in [1.165, 1.54) is 17.2 Å². The van der Waals surface area contributed by atoms with Crippen LogP contribution in [0.15, 0.2) is 12.7 Å². The number of anilines is 1. The minimum atomic E-state index is -1.74. The highest BCUT2D eigenvalue weighted by atomic mass is 35.5. The van der Waals surface area contributed by atoms with Gasteiger partial charge in [0, 0.05) is 0 Å². The molecule has 0 spiro atoms. The van der Waals surface area contributed by atoms with Crippen LogP contribution in [0.2, 0.25) is 0 Å². The van der Waals surface area contributed by atoms with Gasteiger partial charge in [0.05, 0.1) is 12.9 Å². The monoisotopic (exact) mass is 465 g/mol. The summed E-state index contributed by atoms with van der Waals surface area (Å²) in [6.07, 6.45) is -12.9. The highest BCUT2D eigenvalue weighted by Gasteiger charge is 2.54. The summed E-state index contributed by atoms with van der Waals surface area (Å²) in [5, 5.41) is 71.0. The van der Waals surface area contributed by atoms with Crippen molar-refractivity contribution in [2.24, 2.45) is 0 Å². The van der Waals surface area contributed by atoms with Crippen LogP contribution in [0.25, 0.3) is 11.2 Å². The summed E-state index contributed by atoms with van der Waals surface area (Å²) in [6.45, 7) is -0.685. The Labute approximate surface area is 180 Å². The first-order valence-corrected chi connectivity index (χ1v) is 9.19. The van der Waals surface area contributed by atoms with E-state index in [0.717, 1.165) is 0 Å². The van der Waals surface area contributed by atoms with Crippen LogP contribution in [0.3, 0.4) is 0 Å². The number of hydrogen-bond donors (Lipinski definition) is 8. The number of aromatic nitrogens is 4. The molecule has 4 rings (SSSR count). The van der Waals surface area contributed by atoms with Crippen molar-refractivity contribution in [1.29, 1.82) is 0 Å². The Bertz CT molecular complexity index is 903. The van der Waals surface area contributed by atoms with Gasteiger partial charge in [0.15, 0.2) is 17.7 Å². The number of nitrogens with zero attached hydrogens (tertiary/aromatic N) is 4. The Kier molecular flexibility index (Phi) is 6.97. The molecule has 2 aromatic heterocycles. The van der Waals surface area contributed by atoms with Crippen LogP contribution < -0.4 is 5.73 Å². The first-order valence-electron chi connectivity index (χ1n) is 9.19. The average Bonchev–Trinajstić information content (AvgIpc) is 3.28. The molecule has 174 valence electrons. The summed E-state index contributed by atoms with van der Waals surface area (Å²) in [5.74, 6) is 0.102. The summed E-state index contributed by atoms with van der Waals surface area (Å²) in [6, 6.07) is 0. The van der Waals surface area contributed by atoms with Crippen LogP contribution in [-0.2, 0) is 9.47 Å². The molecule has 0 saturated carbocycles. The van der Waals surface area contributed by atoms with Gasteiger partial charge >= 0.3 is 0 Å². The summed E-state index contributed by atoms with van der Waals surface area (Å²) in [4.78, 5) is 11.9. The van der Waals surface area contributed by atoms with E-state index in [-0.39, 0.29) is 29.4 Å². The molecule has 0 bridgehead atoms. The lowest BCUT2D eigenvalue weighted by molar-refractivity contribution is -0.262. The molecular weight excluding hydrogens is 442 g/mol. The molecule has 2 saturated heterocycles. The number of aliphatic hydroxyl groups excluding tert-OH is 7. The minimum absolute atomic E-state index is 0. The van der Waals surface area contributed by atoms with E-state index in [1.54, 1.807) is 0 Å². The van der Waals surface area contributed by atoms with Crippen LogP contribution in [0.5, 0.6) is 0 Å². The quantitative estimate of drug-likeness (QED) is 0.213. The van der Waals surface area contributed by atoms with E-state index >= 15 is 0 Å². The predicted octanol–water partition coefficient (Wildman–Crippen LogP) is -4.35. The third-order valence-corrected chi connectivity index (χ3v) is 5.54. The highest BCUT2D eigenvalue weighted by Crippen LogP contribution is 2.36. The van der Waals surface area contributed by atoms with Gasteiger partial charge in [-0.1, -0.05) is 0 Å². The smallest absolute Gasteiger partial charge is 0.167 e. The summed E-state index contributed by atoms with van der Waals surface area (Å²) >= 11 is 0. The number of hydrogen-bond acceptors (Lipinski definition) is 13. The van der Waals surface area contributed by atoms with Crippen molar-refractivity contribution in [3.05, 3.63) is 12.7 Å². The van der Waals surface area contributed by atoms with Crippen molar-refractivity contribution in [3.8, 4) is 0 Å². The van der Waals surface area contributed by atoms with Crippen molar-refractivity contribution < 1.29 is 45.2 Å². The van der Waals surface area contributed by atoms with Crippen LogP contribution in [0.1, 0.15) is 6.23 Å². The van der Waals surface area contributed by atoms with Crippen LogP contribution in [0.4, 0.5) is 5.82 Å². The highest BCUT2D eigenvalue weighted by molar-refractivity contribution is 5.85. The Balaban J connectivity index is 0.00000272. The lowest BCUT2D eigenvalue weighted by Gasteiger charge is -2.43. The zero-order valence-electron chi connectivity index (χ0n) is 15.9. The van der Waals surface area contributed by atoms with Gasteiger partial charge in [-0.05, 0) is 0 Å². The fraction of sp³-hybridized carbons (Fsp3) is 0.688. The summed E-state index contributed by atoms with van der Waals surface area (Å²) in [5.41, 5.74) is 6.21. The Morgan fingerprint density at radius 2 is 1.58 bits per heavy atom. The number of fused-ring (bicyclic) bond motifs is 1. The maximum Gasteiger partial charge on any atom is 0.167 e. The molecule has 0 aliphatic carbocycles. The third kappa shape index (κ3) is 3.84. The van der Waals surface area contributed by atoms with E-state index in [4.69, 9.17) is 15.2 Å². The molecule has 2 aromatic rings. The van der Waals surface area contributed by atoms with Crippen LogP contribution in [0, 0.1) is 0 Å². The molecule has 2 aliphatic rings. The number of imidazole rings is 1. The van der Waals surface area contributed by atoms with Gasteiger partial charge in [-0.15, -0.1) is 12.4 Å². The van der Waals surface area contributed by atoms with E-state index in [9.17, 15) is 35.7 Å². The Hall–Kier alpha value is -1.72. The number of ether oxygens (including phenoxy) is 2. The third-order valence-electron chi connectivity index (χ3n) is 5.54. The second-order valence-electron chi connectivity index (χ2n) is 7.34. The average molecular weight is 466 g/mol. The molecule has 0 amide bonds. The van der Waals surface area contributed by atoms with Gasteiger partial charge < -0.3 is 51.0 Å². The van der Waals surface area contributed by atoms with Gasteiger partial charge in [-0.2, -0.15) is 0 Å². The van der Waals surface area contributed by atoms with E-state index in [0.29, 0.717) is 0 Å². The molecule has 14 nitrogen and oxygen atoms in total. The number of halogens is 1. The van der Waals surface area contributed by atoms with Gasteiger partial charge in [-0.3, -0.25) is 4.57 Å². The first-order chi connectivity index (χ1) is 14.3. The zero-order chi connectivity index (χ0) is 21.7. The van der Waals surface area contributed by atoms with Crippen LogP contribution in [-0.4, -0.2) is 117 Å². The van der Waals surface area contributed by atoms with Crippen molar-refractivity contribution in [1.82, 2.24) is 19.5 Å². The van der Waals surface area contributed by atoms with Gasteiger partial charge in [0.1, 0.15) is 66.8 Å². The molecule has 0 aromatic carbocycles. The van der Waals surface area contributed by atoms with E-state index < -0.39 is 67.8 Å². The molecule has 10 atom stereocenters. The largest absolute Gasteiger partial charge is 0.394 e. The molecule has 2 aliphatic heterocycles.